The van der Waals surface area contributed by atoms with Gasteiger partial charge in [0.25, 0.3) is 5.91 Å². The maximum absolute atomic E-state index is 12.5. The van der Waals surface area contributed by atoms with E-state index in [9.17, 15) is 9.59 Å². The molecule has 1 amide bonds. The molecule has 1 atom stereocenters. The second-order valence-corrected chi connectivity index (χ2v) is 6.13. The predicted octanol–water partition coefficient (Wildman–Crippen LogP) is 3.69. The van der Waals surface area contributed by atoms with Gasteiger partial charge in [0.05, 0.1) is 33.0 Å². The molecule has 8 heteroatoms. The maximum atomic E-state index is 12.5. The van der Waals surface area contributed by atoms with Crippen LogP contribution in [0.15, 0.2) is 36.4 Å². The van der Waals surface area contributed by atoms with E-state index in [0.717, 1.165) is 0 Å². The minimum absolute atomic E-state index is 0.257. The van der Waals surface area contributed by atoms with Gasteiger partial charge in [0, 0.05) is 11.8 Å². The number of carbonyl (C=O) groups excluding carboxylic acids is 2. The van der Waals surface area contributed by atoms with Crippen LogP contribution >= 0.6 is 0 Å². The second-order valence-electron chi connectivity index (χ2n) is 6.13. The number of methoxy groups -OCH3 is 2. The minimum atomic E-state index is -1.02. The number of ether oxygens (including phenoxy) is 5. The van der Waals surface area contributed by atoms with E-state index >= 15 is 0 Å². The molecule has 2 aromatic rings. The Morgan fingerprint density at radius 2 is 1.50 bits per heavy atom. The molecule has 0 saturated heterocycles. The third kappa shape index (κ3) is 5.79. The van der Waals surface area contributed by atoms with Crippen molar-refractivity contribution in [2.75, 3.05) is 32.8 Å². The Hall–Kier alpha value is -3.42. The third-order valence-corrected chi connectivity index (χ3v) is 4.08. The van der Waals surface area contributed by atoms with Crippen molar-refractivity contribution < 1.29 is 33.3 Å². The number of hydrogen-bond acceptors (Lipinski definition) is 7. The fourth-order valence-corrected chi connectivity index (χ4v) is 2.62. The lowest BCUT2D eigenvalue weighted by atomic mass is 10.2. The number of rotatable bonds is 10. The van der Waals surface area contributed by atoms with Gasteiger partial charge in [-0.25, -0.2) is 4.79 Å². The van der Waals surface area contributed by atoms with E-state index in [1.54, 1.807) is 30.3 Å². The van der Waals surface area contributed by atoms with E-state index in [4.69, 9.17) is 23.7 Å². The molecule has 0 spiro atoms. The summed E-state index contributed by atoms with van der Waals surface area (Å²) in [7, 11) is 3.02. The molecule has 2 aromatic carbocycles. The first-order valence-corrected chi connectivity index (χ1v) is 9.56. The van der Waals surface area contributed by atoms with E-state index in [1.165, 1.54) is 27.2 Å². The summed E-state index contributed by atoms with van der Waals surface area (Å²) < 4.78 is 26.7. The minimum Gasteiger partial charge on any atom is -0.493 e. The molecule has 0 aromatic heterocycles. The normalized spacial score (nSPS) is 11.2. The maximum Gasteiger partial charge on any atom is 0.339 e. The molecular weight excluding hydrogens is 390 g/mol. The Morgan fingerprint density at radius 3 is 2.13 bits per heavy atom. The number of amides is 1. The summed E-state index contributed by atoms with van der Waals surface area (Å²) in [6.45, 7) is 6.07. The predicted molar refractivity (Wildman–Crippen MR) is 112 cm³/mol. The molecule has 0 fully saturated rings. The largest absolute Gasteiger partial charge is 0.493 e. The van der Waals surface area contributed by atoms with E-state index < -0.39 is 18.0 Å². The molecular formula is C22H27NO7. The van der Waals surface area contributed by atoms with Gasteiger partial charge in [0.1, 0.15) is 0 Å². The third-order valence-electron chi connectivity index (χ3n) is 4.08. The fraction of sp³-hybridized carbons (Fsp3) is 0.364. The van der Waals surface area contributed by atoms with Crippen LogP contribution < -0.4 is 24.3 Å². The van der Waals surface area contributed by atoms with Crippen LogP contribution in [0.1, 0.15) is 31.1 Å². The quantitative estimate of drug-likeness (QED) is 0.590. The van der Waals surface area contributed by atoms with Gasteiger partial charge in [-0.15, -0.1) is 0 Å². The van der Waals surface area contributed by atoms with Crippen LogP contribution in [-0.2, 0) is 9.53 Å². The fourth-order valence-electron chi connectivity index (χ4n) is 2.62. The average molecular weight is 417 g/mol. The topological polar surface area (TPSA) is 92.3 Å². The summed E-state index contributed by atoms with van der Waals surface area (Å²) in [5.74, 6) is 0.861. The van der Waals surface area contributed by atoms with Gasteiger partial charge in [-0.05, 0) is 51.1 Å². The molecule has 0 aliphatic heterocycles. The van der Waals surface area contributed by atoms with Gasteiger partial charge >= 0.3 is 5.97 Å². The number of esters is 1. The Morgan fingerprint density at radius 1 is 0.867 bits per heavy atom. The Bertz CT molecular complexity index is 882. The summed E-state index contributed by atoms with van der Waals surface area (Å²) in [6, 6.07) is 9.69. The van der Waals surface area contributed by atoms with Crippen molar-refractivity contribution in [1.82, 2.24) is 0 Å². The highest BCUT2D eigenvalue weighted by atomic mass is 16.5. The van der Waals surface area contributed by atoms with Crippen molar-refractivity contribution in [3.05, 3.63) is 42.0 Å². The average Bonchev–Trinajstić information content (AvgIpc) is 2.74. The molecule has 0 bridgehead atoms. The first-order valence-electron chi connectivity index (χ1n) is 9.56. The summed E-state index contributed by atoms with van der Waals surface area (Å²) in [5, 5.41) is 2.69. The lowest BCUT2D eigenvalue weighted by molar-refractivity contribution is -0.123. The number of hydrogen-bond donors (Lipinski definition) is 1. The number of benzene rings is 2. The van der Waals surface area contributed by atoms with E-state index in [1.807, 2.05) is 13.8 Å². The van der Waals surface area contributed by atoms with Crippen molar-refractivity contribution in [1.29, 1.82) is 0 Å². The molecule has 0 saturated carbocycles. The molecule has 0 radical (unpaired) electrons. The summed E-state index contributed by atoms with van der Waals surface area (Å²) in [5.41, 5.74) is 0.743. The first-order chi connectivity index (χ1) is 14.4. The summed E-state index contributed by atoms with van der Waals surface area (Å²) in [4.78, 5) is 24.9. The van der Waals surface area contributed by atoms with E-state index in [2.05, 4.69) is 5.32 Å². The molecule has 2 rings (SSSR count). The van der Waals surface area contributed by atoms with Crippen LogP contribution in [0.3, 0.4) is 0 Å². The highest BCUT2D eigenvalue weighted by Gasteiger charge is 2.21. The molecule has 0 aliphatic carbocycles. The highest BCUT2D eigenvalue weighted by molar-refractivity contribution is 5.97. The zero-order valence-corrected chi connectivity index (χ0v) is 17.8. The second kappa shape index (κ2) is 10.9. The number of carbonyl (C=O) groups is 2. The molecule has 8 nitrogen and oxygen atoms in total. The lowest BCUT2D eigenvalue weighted by Gasteiger charge is -2.16. The molecule has 30 heavy (non-hydrogen) atoms. The van der Waals surface area contributed by atoms with Gasteiger partial charge in [-0.2, -0.15) is 0 Å². The van der Waals surface area contributed by atoms with Gasteiger partial charge in [0.2, 0.25) is 0 Å². The van der Waals surface area contributed by atoms with Gasteiger partial charge in [-0.1, -0.05) is 0 Å². The zero-order chi connectivity index (χ0) is 22.1. The van der Waals surface area contributed by atoms with Crippen molar-refractivity contribution in [3.63, 3.8) is 0 Å². The van der Waals surface area contributed by atoms with E-state index in [-0.39, 0.29) is 5.56 Å². The molecule has 162 valence electrons. The van der Waals surface area contributed by atoms with Crippen LogP contribution in [-0.4, -0.2) is 45.4 Å². The van der Waals surface area contributed by atoms with Crippen LogP contribution in [0.5, 0.6) is 23.0 Å². The van der Waals surface area contributed by atoms with Gasteiger partial charge in [0.15, 0.2) is 29.1 Å². The van der Waals surface area contributed by atoms with Crippen LogP contribution in [0.2, 0.25) is 0 Å². The number of nitrogens with one attached hydrogen (secondary N) is 1. The summed E-state index contributed by atoms with van der Waals surface area (Å²) >= 11 is 0. The highest BCUT2D eigenvalue weighted by Crippen LogP contribution is 2.30. The number of anilines is 1. The SMILES string of the molecule is CCOc1ccc(C(=O)OC(C)C(=O)Nc2ccc(OC)c(OC)c2)cc1OCC. The Kier molecular flexibility index (Phi) is 8.34. The Labute approximate surface area is 176 Å². The molecule has 0 heterocycles. The smallest absolute Gasteiger partial charge is 0.339 e. The monoisotopic (exact) mass is 417 g/mol. The van der Waals surface area contributed by atoms with E-state index in [0.29, 0.717) is 41.9 Å². The summed E-state index contributed by atoms with van der Waals surface area (Å²) in [6.07, 6.45) is -1.02. The van der Waals surface area contributed by atoms with Crippen molar-refractivity contribution >= 4 is 17.6 Å². The lowest BCUT2D eigenvalue weighted by Crippen LogP contribution is -2.30. The van der Waals surface area contributed by atoms with Crippen LogP contribution in [0.4, 0.5) is 5.69 Å². The zero-order valence-electron chi connectivity index (χ0n) is 17.8. The van der Waals surface area contributed by atoms with Crippen molar-refractivity contribution in [2.24, 2.45) is 0 Å². The molecule has 0 aliphatic rings. The van der Waals surface area contributed by atoms with Gasteiger partial charge < -0.3 is 29.0 Å². The standard InChI is InChI=1S/C22H27NO7/c1-6-28-18-10-8-15(12-20(18)29-7-2)22(25)30-14(3)21(24)23-16-9-11-17(26-4)19(13-16)27-5/h8-14H,6-7H2,1-5H3,(H,23,24). The van der Waals surface area contributed by atoms with Crippen molar-refractivity contribution in [2.45, 2.75) is 26.9 Å². The van der Waals surface area contributed by atoms with Crippen molar-refractivity contribution in [3.8, 4) is 23.0 Å². The van der Waals surface area contributed by atoms with Gasteiger partial charge in [-0.3, -0.25) is 4.79 Å². The molecule has 1 unspecified atom stereocenters. The Balaban J connectivity index is 2.06. The first kappa shape index (κ1) is 22.9. The van der Waals surface area contributed by atoms with Crippen LogP contribution in [0, 0.1) is 0 Å². The molecule has 1 N–H and O–H groups in total. The van der Waals surface area contributed by atoms with Crippen LogP contribution in [0.25, 0.3) is 0 Å².